The Balaban J connectivity index is 1.73. The fourth-order valence-corrected chi connectivity index (χ4v) is 3.20. The third-order valence-corrected chi connectivity index (χ3v) is 5.20. The lowest BCUT2D eigenvalue weighted by Gasteiger charge is -2.12. The van der Waals surface area contributed by atoms with Gasteiger partial charge in [-0.05, 0) is 38.2 Å². The van der Waals surface area contributed by atoms with Crippen LogP contribution < -0.4 is 5.32 Å². The van der Waals surface area contributed by atoms with Gasteiger partial charge in [0.15, 0.2) is 0 Å². The van der Waals surface area contributed by atoms with Crippen LogP contribution in [0.4, 0.5) is 0 Å². The molecule has 0 unspecified atom stereocenters. The van der Waals surface area contributed by atoms with Gasteiger partial charge in [-0.15, -0.1) is 11.3 Å². The molecule has 0 atom stereocenters. The predicted octanol–water partition coefficient (Wildman–Crippen LogP) is 3.04. The number of rotatable bonds is 5. The molecule has 1 aromatic heterocycles. The Bertz CT molecular complexity index is 302. The predicted molar refractivity (Wildman–Crippen MR) is 66.2 cm³/mol. The third kappa shape index (κ3) is 2.53. The van der Waals surface area contributed by atoms with Crippen LogP contribution in [0.25, 0.3) is 0 Å². The first-order chi connectivity index (χ1) is 6.74. The maximum atomic E-state index is 3.56. The molecule has 0 aromatic carbocycles. The van der Waals surface area contributed by atoms with Crippen molar-refractivity contribution in [1.29, 1.82) is 0 Å². The average molecular weight is 227 g/mol. The Morgan fingerprint density at radius 2 is 2.29 bits per heavy atom. The van der Waals surface area contributed by atoms with Crippen LogP contribution in [0, 0.1) is 6.92 Å². The van der Waals surface area contributed by atoms with Gasteiger partial charge >= 0.3 is 0 Å². The molecule has 0 amide bonds. The molecule has 1 aliphatic carbocycles. The van der Waals surface area contributed by atoms with E-state index in [-0.39, 0.29) is 0 Å². The van der Waals surface area contributed by atoms with Gasteiger partial charge in [-0.1, -0.05) is 0 Å². The van der Waals surface area contributed by atoms with Gasteiger partial charge in [0.25, 0.3) is 0 Å². The molecule has 3 heteroatoms. The number of hydrogen-bond donors (Lipinski definition) is 1. The Kier molecular flexibility index (Phi) is 3.20. The first-order valence-electron chi connectivity index (χ1n) is 5.05. The van der Waals surface area contributed by atoms with E-state index < -0.39 is 0 Å². The molecule has 0 bridgehead atoms. The molecule has 1 N–H and O–H groups in total. The first kappa shape index (κ1) is 10.5. The molecule has 1 heterocycles. The zero-order chi connectivity index (χ0) is 10.0. The van der Waals surface area contributed by atoms with Crippen molar-refractivity contribution < 1.29 is 0 Å². The Morgan fingerprint density at radius 3 is 2.79 bits per heavy atom. The minimum Gasteiger partial charge on any atom is -0.310 e. The third-order valence-electron chi connectivity index (χ3n) is 2.78. The molecular weight excluding hydrogens is 210 g/mol. The number of thiophene rings is 1. The molecule has 2 rings (SSSR count). The van der Waals surface area contributed by atoms with Gasteiger partial charge in [-0.2, -0.15) is 11.8 Å². The Hall–Kier alpha value is 0.01000. The highest BCUT2D eigenvalue weighted by atomic mass is 32.2. The van der Waals surface area contributed by atoms with Crippen molar-refractivity contribution in [2.45, 2.75) is 31.1 Å². The highest BCUT2D eigenvalue weighted by molar-refractivity contribution is 8.00. The SMILES string of the molecule is CSC1(CNCc2ccc(C)s2)CC1. The summed E-state index contributed by atoms with van der Waals surface area (Å²) in [5, 5.41) is 3.56. The fourth-order valence-electron chi connectivity index (χ4n) is 1.59. The monoisotopic (exact) mass is 227 g/mol. The molecule has 1 nitrogen and oxygen atoms in total. The maximum Gasteiger partial charge on any atom is 0.0300 e. The second-order valence-corrected chi connectivity index (χ2v) is 6.65. The van der Waals surface area contributed by atoms with Crippen LogP contribution in [0.1, 0.15) is 22.6 Å². The lowest BCUT2D eigenvalue weighted by molar-refractivity contribution is 0.669. The topological polar surface area (TPSA) is 12.0 Å². The molecule has 14 heavy (non-hydrogen) atoms. The zero-order valence-corrected chi connectivity index (χ0v) is 10.4. The largest absolute Gasteiger partial charge is 0.310 e. The van der Waals surface area contributed by atoms with Crippen LogP contribution in [-0.4, -0.2) is 17.5 Å². The molecule has 1 aromatic rings. The van der Waals surface area contributed by atoms with E-state index >= 15 is 0 Å². The van der Waals surface area contributed by atoms with Crippen molar-refractivity contribution in [3.63, 3.8) is 0 Å². The minimum absolute atomic E-state index is 0.590. The lowest BCUT2D eigenvalue weighted by Crippen LogP contribution is -2.25. The van der Waals surface area contributed by atoms with Crippen molar-refractivity contribution in [1.82, 2.24) is 5.32 Å². The maximum absolute atomic E-state index is 3.56. The van der Waals surface area contributed by atoms with Crippen molar-refractivity contribution >= 4 is 23.1 Å². The zero-order valence-electron chi connectivity index (χ0n) is 8.80. The second kappa shape index (κ2) is 4.25. The van der Waals surface area contributed by atoms with Crippen LogP contribution in [0.15, 0.2) is 12.1 Å². The van der Waals surface area contributed by atoms with Gasteiger partial charge in [0.1, 0.15) is 0 Å². The average Bonchev–Trinajstić information content (AvgIpc) is 2.84. The smallest absolute Gasteiger partial charge is 0.0300 e. The van der Waals surface area contributed by atoms with Crippen molar-refractivity contribution in [3.8, 4) is 0 Å². The Morgan fingerprint density at radius 1 is 1.50 bits per heavy atom. The van der Waals surface area contributed by atoms with E-state index in [4.69, 9.17) is 0 Å². The number of thioether (sulfide) groups is 1. The highest BCUT2D eigenvalue weighted by Crippen LogP contribution is 2.46. The first-order valence-corrected chi connectivity index (χ1v) is 7.09. The van der Waals surface area contributed by atoms with Crippen molar-refractivity contribution in [3.05, 3.63) is 21.9 Å². The molecule has 0 saturated heterocycles. The summed E-state index contributed by atoms with van der Waals surface area (Å²) in [4.78, 5) is 2.87. The van der Waals surface area contributed by atoms with Crippen LogP contribution in [0.3, 0.4) is 0 Å². The summed E-state index contributed by atoms with van der Waals surface area (Å²) in [6.07, 6.45) is 5.01. The van der Waals surface area contributed by atoms with E-state index in [1.54, 1.807) is 0 Å². The van der Waals surface area contributed by atoms with E-state index in [2.05, 4.69) is 30.6 Å². The van der Waals surface area contributed by atoms with Gasteiger partial charge in [0, 0.05) is 27.6 Å². The summed E-state index contributed by atoms with van der Waals surface area (Å²) >= 11 is 3.92. The lowest BCUT2D eigenvalue weighted by atomic mass is 10.4. The molecule has 0 aliphatic heterocycles. The van der Waals surface area contributed by atoms with Crippen molar-refractivity contribution in [2.75, 3.05) is 12.8 Å². The number of hydrogen-bond acceptors (Lipinski definition) is 3. The van der Waals surface area contributed by atoms with E-state index in [9.17, 15) is 0 Å². The molecule has 1 aliphatic rings. The fraction of sp³-hybridized carbons (Fsp3) is 0.636. The summed E-state index contributed by atoms with van der Waals surface area (Å²) in [7, 11) is 0. The summed E-state index contributed by atoms with van der Waals surface area (Å²) in [5.74, 6) is 0. The molecule has 1 fully saturated rings. The van der Waals surface area contributed by atoms with E-state index in [0.717, 1.165) is 6.54 Å². The Labute approximate surface area is 94.3 Å². The van der Waals surface area contributed by atoms with E-state index in [0.29, 0.717) is 4.75 Å². The normalized spacial score (nSPS) is 18.4. The molecule has 0 spiro atoms. The molecule has 0 radical (unpaired) electrons. The number of nitrogens with one attached hydrogen (secondary N) is 1. The second-order valence-electron chi connectivity index (χ2n) is 4.00. The summed E-state index contributed by atoms with van der Waals surface area (Å²) in [6, 6.07) is 4.43. The minimum atomic E-state index is 0.590. The van der Waals surface area contributed by atoms with Crippen LogP contribution >= 0.6 is 23.1 Å². The summed E-state index contributed by atoms with van der Waals surface area (Å²) < 4.78 is 0.590. The molecule has 78 valence electrons. The summed E-state index contributed by atoms with van der Waals surface area (Å²) in [5.41, 5.74) is 0. The molecular formula is C11H17NS2. The van der Waals surface area contributed by atoms with E-state index in [1.165, 1.54) is 29.1 Å². The van der Waals surface area contributed by atoms with Crippen LogP contribution in [-0.2, 0) is 6.54 Å². The highest BCUT2D eigenvalue weighted by Gasteiger charge is 2.41. The standard InChI is InChI=1S/C11H17NS2/c1-9-3-4-10(14-9)7-12-8-11(13-2)5-6-11/h3-4,12H,5-8H2,1-2H3. The molecule has 1 saturated carbocycles. The summed E-state index contributed by atoms with van der Waals surface area (Å²) in [6.45, 7) is 4.38. The number of aryl methyl sites for hydroxylation is 1. The van der Waals surface area contributed by atoms with E-state index in [1.807, 2.05) is 23.1 Å². The van der Waals surface area contributed by atoms with Gasteiger partial charge in [0.2, 0.25) is 0 Å². The van der Waals surface area contributed by atoms with Gasteiger partial charge in [0.05, 0.1) is 0 Å². The van der Waals surface area contributed by atoms with Crippen molar-refractivity contribution in [2.24, 2.45) is 0 Å². The van der Waals surface area contributed by atoms with Gasteiger partial charge in [-0.25, -0.2) is 0 Å². The van der Waals surface area contributed by atoms with Crippen LogP contribution in [0.2, 0.25) is 0 Å². The van der Waals surface area contributed by atoms with Crippen LogP contribution in [0.5, 0.6) is 0 Å². The quantitative estimate of drug-likeness (QED) is 0.830. The van der Waals surface area contributed by atoms with Gasteiger partial charge in [-0.3, -0.25) is 0 Å². The van der Waals surface area contributed by atoms with Gasteiger partial charge < -0.3 is 5.32 Å².